The van der Waals surface area contributed by atoms with Gasteiger partial charge in [-0.1, -0.05) is 197 Å². The van der Waals surface area contributed by atoms with E-state index in [1.54, 1.807) is 0 Å². The van der Waals surface area contributed by atoms with E-state index in [0.717, 1.165) is 67.4 Å². The van der Waals surface area contributed by atoms with Crippen molar-refractivity contribution in [3.05, 3.63) is 259 Å². The lowest BCUT2D eigenvalue weighted by atomic mass is 9.79. The number of esters is 3. The molecule has 4 fully saturated rings. The number of carbonyl (C=O) groups excluding carboxylic acids is 4. The zero-order valence-corrected chi connectivity index (χ0v) is 62.2. The highest BCUT2D eigenvalue weighted by atomic mass is 35.5. The van der Waals surface area contributed by atoms with Crippen LogP contribution < -0.4 is 18.9 Å². The van der Waals surface area contributed by atoms with Gasteiger partial charge in [0.05, 0.1) is 12.2 Å². The summed E-state index contributed by atoms with van der Waals surface area (Å²) < 4.78 is 35.2. The molecule has 4 aliphatic carbocycles. The maximum atomic E-state index is 11.4. The molecule has 4 aliphatic heterocycles. The molecule has 0 saturated heterocycles. The van der Waals surface area contributed by atoms with Crippen molar-refractivity contribution in [1.29, 1.82) is 0 Å². The van der Waals surface area contributed by atoms with Gasteiger partial charge in [0.2, 0.25) is 5.24 Å². The van der Waals surface area contributed by atoms with Crippen LogP contribution in [0, 0.1) is 85.0 Å². The maximum absolute atomic E-state index is 11.4. The molecular formula is C89H101ClO12. The fourth-order valence-electron chi connectivity index (χ4n) is 17.2. The van der Waals surface area contributed by atoms with Gasteiger partial charge in [0.15, 0.2) is 0 Å². The van der Waals surface area contributed by atoms with Crippen molar-refractivity contribution in [3.8, 4) is 23.0 Å². The highest BCUT2D eigenvalue weighted by molar-refractivity contribution is 6.62. The van der Waals surface area contributed by atoms with Crippen LogP contribution in [0.5, 0.6) is 23.0 Å². The largest absolute Gasteiger partial charge is 0.485 e. The van der Waals surface area contributed by atoms with Crippen molar-refractivity contribution in [1.82, 2.24) is 0 Å². The molecule has 16 rings (SSSR count). The normalized spacial score (nSPS) is 26.6. The minimum Gasteiger partial charge on any atom is -0.485 e. The van der Waals surface area contributed by atoms with Crippen molar-refractivity contribution in [2.45, 2.75) is 208 Å². The van der Waals surface area contributed by atoms with E-state index in [0.29, 0.717) is 47.3 Å². The zero-order chi connectivity index (χ0) is 72.8. The number of fused-ring (bicyclic) bond motifs is 12. The molecule has 0 unspecified atom stereocenters. The van der Waals surface area contributed by atoms with Crippen LogP contribution in [-0.4, -0.2) is 51.7 Å². The van der Waals surface area contributed by atoms with Crippen LogP contribution >= 0.6 is 11.6 Å². The topological polar surface area (TPSA) is 164 Å². The quantitative estimate of drug-likeness (QED) is 0.0954. The average molecular weight is 1400 g/mol. The van der Waals surface area contributed by atoms with Crippen LogP contribution in [0.15, 0.2) is 170 Å². The number of rotatable bonds is 5. The van der Waals surface area contributed by atoms with Crippen LogP contribution in [0.3, 0.4) is 0 Å². The maximum Gasteiger partial charge on any atom is 0.310 e. The molecule has 536 valence electrons. The predicted molar refractivity (Wildman–Crippen MR) is 400 cm³/mol. The van der Waals surface area contributed by atoms with Gasteiger partial charge in [0.1, 0.15) is 53.5 Å². The van der Waals surface area contributed by atoms with E-state index in [4.69, 9.17) is 23.7 Å². The number of aliphatic hydroxyl groups excluding tert-OH is 2. The number of aliphatic hydroxyl groups is 2. The molecule has 102 heavy (non-hydrogen) atoms. The number of hydrogen-bond donors (Lipinski definition) is 2. The fourth-order valence-corrected chi connectivity index (χ4v) is 17.2. The first-order valence-corrected chi connectivity index (χ1v) is 36.8. The Morgan fingerprint density at radius 1 is 0.343 bits per heavy atom. The first-order valence-electron chi connectivity index (χ1n) is 36.5. The van der Waals surface area contributed by atoms with Crippen molar-refractivity contribution in [2.75, 3.05) is 0 Å². The fraction of sp³-hybridized carbons (Fsp3) is 0.416. The van der Waals surface area contributed by atoms with E-state index in [1.807, 2.05) is 0 Å². The van der Waals surface area contributed by atoms with Crippen LogP contribution in [0.4, 0.5) is 0 Å². The van der Waals surface area contributed by atoms with Gasteiger partial charge in [-0.2, -0.15) is 0 Å². The highest BCUT2D eigenvalue weighted by Crippen LogP contribution is 2.59. The molecular weight excluding hydrogens is 1300 g/mol. The molecule has 8 aliphatic rings. The summed E-state index contributed by atoms with van der Waals surface area (Å²) in [5.74, 6) is 7.07. The number of carbonyl (C=O) groups is 4. The summed E-state index contributed by atoms with van der Waals surface area (Å²) in [7, 11) is 0. The van der Waals surface area contributed by atoms with Crippen molar-refractivity contribution >= 4 is 34.8 Å². The van der Waals surface area contributed by atoms with Gasteiger partial charge in [-0.3, -0.25) is 19.2 Å². The number of halogens is 1. The van der Waals surface area contributed by atoms with Gasteiger partial charge in [-0.25, -0.2) is 0 Å². The second-order valence-corrected chi connectivity index (χ2v) is 30.7. The highest BCUT2D eigenvalue weighted by Gasteiger charge is 2.49. The summed E-state index contributed by atoms with van der Waals surface area (Å²) in [4.78, 5) is 40.3. The summed E-state index contributed by atoms with van der Waals surface area (Å²) in [6, 6.07) is 60.7. The standard InChI is InChI=1S/C22H24O3.C21H24O.2C20H22O2.C4H6O3.C2H3ClO/c1-13-4-7-16(8-5-13)22-20-12-17(24-15(3)23)11-18(20)19-10-14(2)6-9-21(19)25-22;1-13-4-7-16(8-5-13)21-19-12-15(3)11-17(19)18-10-14(2)6-9-20(18)22-21;2*1-12-3-6-14(7-4-12)20-18-11-15(21)10-16(18)17-9-13(2)5-8-19(17)22-20;1-3(5)7-4(2)6;1-2(3)4/h4-10,17-18,20,22H,11-12H2,1-3H3;4-10,15,17,19,21H,11-12H2,1-3H3;2*3-9,15-16,18,20-21H,10-11H2,1-2H3;1-2H3;1H3/t17-,18-,20-,22-;15-,17-,19-,21-;2*15-,16-,18-,20-;;/m1111../s1. The first-order chi connectivity index (χ1) is 48.7. The van der Waals surface area contributed by atoms with Gasteiger partial charge in [-0.15, -0.1) is 0 Å². The van der Waals surface area contributed by atoms with Crippen LogP contribution in [0.2, 0.25) is 0 Å². The number of benzene rings is 8. The van der Waals surface area contributed by atoms with E-state index in [1.165, 1.54) is 130 Å². The monoisotopic (exact) mass is 1400 g/mol. The van der Waals surface area contributed by atoms with Crippen LogP contribution in [0.1, 0.15) is 223 Å². The van der Waals surface area contributed by atoms with Gasteiger partial charge in [-0.05, 0) is 217 Å². The number of hydrogen-bond acceptors (Lipinski definition) is 12. The Hall–Kier alpha value is -8.55. The molecule has 4 heterocycles. The Balaban J connectivity index is 0.000000130. The second kappa shape index (κ2) is 32.8. The first kappa shape index (κ1) is 74.6. The molecule has 12 nitrogen and oxygen atoms in total. The van der Waals surface area contributed by atoms with Gasteiger partial charge in [0.25, 0.3) is 0 Å². The number of aryl methyl sites for hydroxylation is 8. The predicted octanol–water partition coefficient (Wildman–Crippen LogP) is 19.9. The molecule has 8 aromatic carbocycles. The molecule has 8 aromatic rings. The molecule has 16 atom stereocenters. The number of ether oxygens (including phenoxy) is 6. The van der Waals surface area contributed by atoms with Crippen molar-refractivity contribution < 1.29 is 57.8 Å². The average Bonchev–Trinajstić information content (AvgIpc) is 1.54. The third kappa shape index (κ3) is 18.1. The Morgan fingerprint density at radius 2 is 0.598 bits per heavy atom. The summed E-state index contributed by atoms with van der Waals surface area (Å²) >= 11 is 4.64. The Labute approximate surface area is 608 Å². The third-order valence-corrected chi connectivity index (χ3v) is 21.7. The molecule has 0 amide bonds. The zero-order valence-electron chi connectivity index (χ0n) is 61.4. The molecule has 2 N–H and O–H groups in total. The Kier molecular flexibility index (Phi) is 24.0. The summed E-state index contributed by atoms with van der Waals surface area (Å²) in [5.41, 5.74) is 20.4. The molecule has 0 bridgehead atoms. The van der Waals surface area contributed by atoms with E-state index in [2.05, 4.69) is 249 Å². The smallest absolute Gasteiger partial charge is 0.310 e. The minimum absolute atomic E-state index is 0.0152. The molecule has 0 radical (unpaired) electrons. The summed E-state index contributed by atoms with van der Waals surface area (Å²) in [6.07, 6.45) is 7.58. The van der Waals surface area contributed by atoms with E-state index >= 15 is 0 Å². The molecule has 13 heteroatoms. The lowest BCUT2D eigenvalue weighted by Crippen LogP contribution is -2.27. The molecule has 4 saturated carbocycles. The van der Waals surface area contributed by atoms with E-state index in [9.17, 15) is 29.4 Å². The molecule has 0 spiro atoms. The Bertz CT molecular complexity index is 3930. The van der Waals surface area contributed by atoms with Crippen LogP contribution in [-0.2, 0) is 28.7 Å². The molecule has 0 aromatic heterocycles. The van der Waals surface area contributed by atoms with Crippen molar-refractivity contribution in [3.63, 3.8) is 0 Å². The van der Waals surface area contributed by atoms with Gasteiger partial charge < -0.3 is 38.6 Å². The Morgan fingerprint density at radius 3 is 0.873 bits per heavy atom. The third-order valence-electron chi connectivity index (χ3n) is 21.7. The summed E-state index contributed by atoms with van der Waals surface area (Å²) in [6.45, 7) is 24.5. The van der Waals surface area contributed by atoms with Gasteiger partial charge >= 0.3 is 17.9 Å². The van der Waals surface area contributed by atoms with E-state index in [-0.39, 0.29) is 53.9 Å². The lowest BCUT2D eigenvalue weighted by molar-refractivity contribution is -0.156. The SMILES string of the molecule is CC(=O)Cl.CC(=O)OC(C)=O.CC(=O)O[C@H]1C[C@@H]2[C@H](C1)c1cc(C)ccc1O[C@@H]2c1ccc(C)cc1.Cc1ccc([C@H]2Oc3ccc(C)cc3[C@H]3C[C@@H](C)C[C@H]32)cc1.Cc1ccc([C@H]2Oc3ccc(C)cc3[C@H]3C[C@@H](O)C[C@H]32)cc1.Cc1ccc([C@H]2Oc3ccc(C)cc3[C@H]3C[C@@H](O)C[C@H]32)cc1. The van der Waals surface area contributed by atoms with Gasteiger partial charge in [0, 0.05) is 51.4 Å². The van der Waals surface area contributed by atoms with Crippen molar-refractivity contribution in [2.24, 2.45) is 29.6 Å². The minimum atomic E-state index is -0.562. The van der Waals surface area contributed by atoms with Crippen LogP contribution in [0.25, 0.3) is 0 Å². The summed E-state index contributed by atoms with van der Waals surface area (Å²) in [5, 5.41) is 20.1. The lowest BCUT2D eigenvalue weighted by Gasteiger charge is -2.36. The van der Waals surface area contributed by atoms with E-state index < -0.39 is 11.9 Å². The second-order valence-electron chi connectivity index (χ2n) is 30.1.